The molecule has 0 bridgehead atoms. The minimum Gasteiger partial charge on any atom is -0.367 e. The molecule has 1 saturated heterocycles. The van der Waals surface area contributed by atoms with Crippen LogP contribution in [0.25, 0.3) is 21.1 Å². The van der Waals surface area contributed by atoms with Gasteiger partial charge in [-0.2, -0.15) is 0 Å². The molecule has 27 heavy (non-hydrogen) atoms. The Hall–Kier alpha value is -2.80. The summed E-state index contributed by atoms with van der Waals surface area (Å²) in [6, 6.07) is 8.90. The third-order valence-corrected chi connectivity index (χ3v) is 5.92. The molecule has 136 valence electrons. The number of nitrogens with zero attached hydrogens (tertiary/aromatic N) is 5. The highest BCUT2D eigenvalue weighted by atomic mass is 32.1. The second-order valence-electron chi connectivity index (χ2n) is 6.75. The summed E-state index contributed by atoms with van der Waals surface area (Å²) in [5.41, 5.74) is 3.84. The van der Waals surface area contributed by atoms with Gasteiger partial charge < -0.3 is 9.80 Å². The molecule has 4 heterocycles. The minimum absolute atomic E-state index is 0.228. The van der Waals surface area contributed by atoms with E-state index in [1.165, 1.54) is 6.07 Å². The van der Waals surface area contributed by atoms with Crippen LogP contribution in [0, 0.1) is 12.7 Å². The zero-order valence-electron chi connectivity index (χ0n) is 14.9. The van der Waals surface area contributed by atoms with E-state index in [2.05, 4.69) is 36.2 Å². The first-order chi connectivity index (χ1) is 13.2. The molecule has 1 fully saturated rings. The number of anilines is 2. The first kappa shape index (κ1) is 16.4. The molecule has 3 aromatic heterocycles. The Morgan fingerprint density at radius 2 is 1.78 bits per heavy atom. The van der Waals surface area contributed by atoms with Gasteiger partial charge in [-0.3, -0.25) is 4.98 Å². The largest absolute Gasteiger partial charge is 0.367 e. The van der Waals surface area contributed by atoms with Gasteiger partial charge in [-0.25, -0.2) is 14.4 Å². The first-order valence-corrected chi connectivity index (χ1v) is 9.82. The molecule has 5 rings (SSSR count). The van der Waals surface area contributed by atoms with Crippen LogP contribution in [-0.4, -0.2) is 41.1 Å². The molecule has 5 nitrogen and oxygen atoms in total. The fourth-order valence-corrected chi connectivity index (χ4v) is 4.59. The molecule has 0 saturated carbocycles. The van der Waals surface area contributed by atoms with Crippen LogP contribution in [0.15, 0.2) is 42.0 Å². The highest BCUT2D eigenvalue weighted by molar-refractivity contribution is 7.17. The molecule has 1 aliphatic heterocycles. The average molecular weight is 379 g/mol. The standard InChI is InChI=1S/C20H18FN5S/c1-13-10-18(15-11-14(21)2-3-16(15)24-13)25-5-7-26(8-6-25)20-19-17(4-9-27-19)22-12-23-20/h2-4,9-12H,5-8H2,1H3. The number of hydrogen-bond acceptors (Lipinski definition) is 6. The summed E-state index contributed by atoms with van der Waals surface area (Å²) in [6.45, 7) is 5.42. The highest BCUT2D eigenvalue weighted by Gasteiger charge is 2.22. The van der Waals surface area contributed by atoms with Crippen molar-refractivity contribution in [1.29, 1.82) is 0 Å². The van der Waals surface area contributed by atoms with Gasteiger partial charge in [0, 0.05) is 42.9 Å². The summed E-state index contributed by atoms with van der Waals surface area (Å²) in [5, 5.41) is 2.93. The molecule has 0 unspecified atom stereocenters. The number of halogens is 1. The van der Waals surface area contributed by atoms with Crippen LogP contribution in [-0.2, 0) is 0 Å². The normalized spacial score (nSPS) is 15.0. The number of piperazine rings is 1. The number of aromatic nitrogens is 3. The van der Waals surface area contributed by atoms with Crippen molar-refractivity contribution in [1.82, 2.24) is 15.0 Å². The molecule has 1 aliphatic rings. The quantitative estimate of drug-likeness (QED) is 0.526. The fraction of sp³-hybridized carbons (Fsp3) is 0.250. The van der Waals surface area contributed by atoms with Gasteiger partial charge in [-0.05, 0) is 42.6 Å². The van der Waals surface area contributed by atoms with E-state index in [9.17, 15) is 4.39 Å². The van der Waals surface area contributed by atoms with Crippen LogP contribution in [0.4, 0.5) is 15.9 Å². The summed E-state index contributed by atoms with van der Waals surface area (Å²) >= 11 is 1.68. The lowest BCUT2D eigenvalue weighted by Gasteiger charge is -2.37. The number of benzene rings is 1. The minimum atomic E-state index is -0.228. The third-order valence-electron chi connectivity index (χ3n) is 5.02. The van der Waals surface area contributed by atoms with Crippen LogP contribution >= 0.6 is 11.3 Å². The maximum absolute atomic E-state index is 13.8. The fourth-order valence-electron chi connectivity index (χ4n) is 3.73. The topological polar surface area (TPSA) is 45.2 Å². The lowest BCUT2D eigenvalue weighted by atomic mass is 10.1. The van der Waals surface area contributed by atoms with Crippen molar-refractivity contribution >= 4 is 44.0 Å². The smallest absolute Gasteiger partial charge is 0.150 e. The molecule has 0 aliphatic carbocycles. The van der Waals surface area contributed by atoms with Gasteiger partial charge in [0.1, 0.15) is 18.0 Å². The van der Waals surface area contributed by atoms with E-state index in [1.807, 2.05) is 13.0 Å². The molecule has 0 spiro atoms. The summed E-state index contributed by atoms with van der Waals surface area (Å²) in [5.74, 6) is 0.783. The molecule has 1 aromatic carbocycles. The number of hydrogen-bond donors (Lipinski definition) is 0. The second-order valence-corrected chi connectivity index (χ2v) is 7.67. The molecule has 0 amide bonds. The lowest BCUT2D eigenvalue weighted by Crippen LogP contribution is -2.47. The summed E-state index contributed by atoms with van der Waals surface area (Å²) in [6.07, 6.45) is 1.64. The SMILES string of the molecule is Cc1cc(N2CCN(c3ncnc4ccsc34)CC2)c2cc(F)ccc2n1. The van der Waals surface area contributed by atoms with Gasteiger partial charge >= 0.3 is 0 Å². The van der Waals surface area contributed by atoms with Gasteiger partial charge in [0.25, 0.3) is 0 Å². The molecule has 4 aromatic rings. The maximum atomic E-state index is 13.8. The van der Waals surface area contributed by atoms with Crippen molar-refractivity contribution in [3.05, 3.63) is 53.6 Å². The number of rotatable bonds is 2. The second kappa shape index (κ2) is 6.42. The number of pyridine rings is 1. The average Bonchev–Trinajstić information content (AvgIpc) is 3.17. The first-order valence-electron chi connectivity index (χ1n) is 8.94. The monoisotopic (exact) mass is 379 g/mol. The summed E-state index contributed by atoms with van der Waals surface area (Å²) in [4.78, 5) is 18.0. The highest BCUT2D eigenvalue weighted by Crippen LogP contribution is 2.31. The maximum Gasteiger partial charge on any atom is 0.150 e. The van der Waals surface area contributed by atoms with Crippen LogP contribution in [0.3, 0.4) is 0 Å². The van der Waals surface area contributed by atoms with Crippen molar-refractivity contribution < 1.29 is 4.39 Å². The Morgan fingerprint density at radius 1 is 0.963 bits per heavy atom. The zero-order valence-corrected chi connectivity index (χ0v) is 15.7. The molecule has 0 radical (unpaired) electrons. The van der Waals surface area contributed by atoms with E-state index in [0.29, 0.717) is 0 Å². The van der Waals surface area contributed by atoms with Crippen molar-refractivity contribution in [2.75, 3.05) is 36.0 Å². The zero-order chi connectivity index (χ0) is 18.4. The molecule has 7 heteroatoms. The Balaban J connectivity index is 1.45. The van der Waals surface area contributed by atoms with Gasteiger partial charge in [-0.1, -0.05) is 0 Å². The molecule has 0 N–H and O–H groups in total. The van der Waals surface area contributed by atoms with Crippen LogP contribution < -0.4 is 9.80 Å². The van der Waals surface area contributed by atoms with Gasteiger partial charge in [-0.15, -0.1) is 11.3 Å². The van der Waals surface area contributed by atoms with Crippen LogP contribution in [0.1, 0.15) is 5.69 Å². The number of thiophene rings is 1. The Morgan fingerprint density at radius 3 is 2.63 bits per heavy atom. The van der Waals surface area contributed by atoms with E-state index in [-0.39, 0.29) is 5.82 Å². The number of fused-ring (bicyclic) bond motifs is 2. The van der Waals surface area contributed by atoms with E-state index >= 15 is 0 Å². The van der Waals surface area contributed by atoms with Crippen molar-refractivity contribution in [3.63, 3.8) is 0 Å². The summed E-state index contributed by atoms with van der Waals surface area (Å²) < 4.78 is 15.0. The molecular formula is C20H18FN5S. The summed E-state index contributed by atoms with van der Waals surface area (Å²) in [7, 11) is 0. The van der Waals surface area contributed by atoms with Gasteiger partial charge in [0.15, 0.2) is 0 Å². The predicted octanol–water partition coefficient (Wildman–Crippen LogP) is 4.01. The van der Waals surface area contributed by atoms with Gasteiger partial charge in [0.05, 0.1) is 15.7 Å². The predicted molar refractivity (Wildman–Crippen MR) is 108 cm³/mol. The van der Waals surface area contributed by atoms with E-state index in [0.717, 1.165) is 64.5 Å². The van der Waals surface area contributed by atoms with E-state index in [4.69, 9.17) is 0 Å². The number of aryl methyl sites for hydroxylation is 1. The van der Waals surface area contributed by atoms with Crippen LogP contribution in [0.5, 0.6) is 0 Å². The van der Waals surface area contributed by atoms with Crippen molar-refractivity contribution in [2.24, 2.45) is 0 Å². The van der Waals surface area contributed by atoms with Crippen molar-refractivity contribution in [3.8, 4) is 0 Å². The third kappa shape index (κ3) is 2.88. The van der Waals surface area contributed by atoms with E-state index in [1.54, 1.807) is 29.8 Å². The molecular weight excluding hydrogens is 361 g/mol. The van der Waals surface area contributed by atoms with Gasteiger partial charge in [0.2, 0.25) is 0 Å². The molecule has 0 atom stereocenters. The Bertz CT molecular complexity index is 1130. The Labute approximate surface area is 160 Å². The van der Waals surface area contributed by atoms with Crippen molar-refractivity contribution in [2.45, 2.75) is 6.92 Å². The van der Waals surface area contributed by atoms with Crippen LogP contribution in [0.2, 0.25) is 0 Å². The van der Waals surface area contributed by atoms with E-state index < -0.39 is 0 Å². The Kier molecular flexibility index (Phi) is 3.89. The lowest BCUT2D eigenvalue weighted by molar-refractivity contribution is 0.629.